The van der Waals surface area contributed by atoms with Gasteiger partial charge in [0.05, 0.1) is 0 Å². The molecular formula is C6H6N4. The fraction of sp³-hybridized carbons (Fsp3) is 0. The molecular weight excluding hydrogens is 128 g/mol. The van der Waals surface area contributed by atoms with E-state index >= 15 is 0 Å². The molecule has 0 saturated carbocycles. The van der Waals surface area contributed by atoms with Crippen LogP contribution in [0.15, 0.2) is 23.6 Å². The lowest BCUT2D eigenvalue weighted by molar-refractivity contribution is 1.11. The lowest BCUT2D eigenvalue weighted by atomic mass is 10.6. The van der Waals surface area contributed by atoms with Crippen LogP contribution in [0.25, 0.3) is 6.20 Å². The third-order valence-corrected chi connectivity index (χ3v) is 1.24. The third kappa shape index (κ3) is 0.699. The molecule has 2 heterocycles. The number of imidazole rings is 1. The molecule has 0 spiro atoms. The highest BCUT2D eigenvalue weighted by Crippen LogP contribution is 2.05. The Morgan fingerprint density at radius 1 is 1.50 bits per heavy atom. The van der Waals surface area contributed by atoms with Crippen LogP contribution in [0.4, 0.5) is 5.95 Å². The van der Waals surface area contributed by atoms with Crippen molar-refractivity contribution in [2.24, 2.45) is 5.10 Å². The molecule has 0 bridgehead atoms. The number of anilines is 1. The zero-order valence-electron chi connectivity index (χ0n) is 5.23. The zero-order chi connectivity index (χ0) is 6.81. The summed E-state index contributed by atoms with van der Waals surface area (Å²) < 4.78 is 1.85. The van der Waals surface area contributed by atoms with Crippen LogP contribution in [-0.2, 0) is 0 Å². The van der Waals surface area contributed by atoms with Crippen molar-refractivity contribution in [1.82, 2.24) is 9.55 Å². The quantitative estimate of drug-likeness (QED) is 0.569. The van der Waals surface area contributed by atoms with Gasteiger partial charge in [-0.1, -0.05) is 0 Å². The van der Waals surface area contributed by atoms with Crippen LogP contribution in [0.1, 0.15) is 0 Å². The highest BCUT2D eigenvalue weighted by molar-refractivity contribution is 5.77. The first-order chi connectivity index (χ1) is 4.97. The first-order valence-corrected chi connectivity index (χ1v) is 2.95. The molecule has 0 amide bonds. The number of aromatic nitrogens is 2. The Morgan fingerprint density at radius 2 is 2.50 bits per heavy atom. The fourth-order valence-corrected chi connectivity index (χ4v) is 0.789. The van der Waals surface area contributed by atoms with E-state index in [-0.39, 0.29) is 0 Å². The number of allylic oxidation sites excluding steroid dienone is 1. The van der Waals surface area contributed by atoms with E-state index in [0.717, 1.165) is 5.95 Å². The predicted molar refractivity (Wildman–Crippen MR) is 39.7 cm³/mol. The second-order valence-corrected chi connectivity index (χ2v) is 1.89. The molecule has 0 aliphatic carbocycles. The highest BCUT2D eigenvalue weighted by Gasteiger charge is 1.97. The van der Waals surface area contributed by atoms with Gasteiger partial charge in [0.1, 0.15) is 0 Å². The largest absolute Gasteiger partial charge is 0.292 e. The Kier molecular flexibility index (Phi) is 1.04. The maximum atomic E-state index is 4.00. The number of fused-ring (bicyclic) bond motifs is 1. The summed E-state index contributed by atoms with van der Waals surface area (Å²) in [6.07, 6.45) is 8.96. The molecule has 1 aliphatic rings. The molecule has 1 N–H and O–H groups in total. The fourth-order valence-electron chi connectivity index (χ4n) is 0.789. The Hall–Kier alpha value is -1.58. The second-order valence-electron chi connectivity index (χ2n) is 1.89. The van der Waals surface area contributed by atoms with Gasteiger partial charge < -0.3 is 0 Å². The minimum absolute atomic E-state index is 0.741. The van der Waals surface area contributed by atoms with Gasteiger partial charge in [-0.25, -0.2) is 10.4 Å². The highest BCUT2D eigenvalue weighted by atomic mass is 15.4. The number of hydrogen-bond acceptors (Lipinski definition) is 3. The van der Waals surface area contributed by atoms with Crippen LogP contribution in [0.5, 0.6) is 0 Å². The van der Waals surface area contributed by atoms with Crippen LogP contribution < -0.4 is 5.43 Å². The molecule has 0 radical (unpaired) electrons. The van der Waals surface area contributed by atoms with Crippen LogP contribution in [-0.4, -0.2) is 15.8 Å². The smallest absolute Gasteiger partial charge is 0.227 e. The normalized spacial score (nSPS) is 14.0. The molecule has 10 heavy (non-hydrogen) atoms. The van der Waals surface area contributed by atoms with E-state index in [9.17, 15) is 0 Å². The standard InChI is InChI=1S/C6H6N4/c1-2-8-9-6-7-3-5-10(6)4-1/h1-5H,(H,7,9). The zero-order valence-corrected chi connectivity index (χ0v) is 5.23. The van der Waals surface area contributed by atoms with E-state index in [2.05, 4.69) is 15.5 Å². The Morgan fingerprint density at radius 3 is 3.50 bits per heavy atom. The van der Waals surface area contributed by atoms with Gasteiger partial charge in [-0.2, -0.15) is 5.10 Å². The number of hydrazone groups is 1. The van der Waals surface area contributed by atoms with E-state index < -0.39 is 0 Å². The summed E-state index contributed by atoms with van der Waals surface area (Å²) in [5.41, 5.74) is 2.76. The Balaban J connectivity index is 2.50. The van der Waals surface area contributed by atoms with E-state index in [0.29, 0.717) is 0 Å². The molecule has 1 aromatic heterocycles. The van der Waals surface area contributed by atoms with Crippen molar-refractivity contribution in [3.8, 4) is 0 Å². The first kappa shape index (κ1) is 5.22. The SMILES string of the molecule is C1=Cn2ccnc2NN=C1. The minimum atomic E-state index is 0.741. The van der Waals surface area contributed by atoms with Crippen LogP contribution in [0, 0.1) is 0 Å². The molecule has 50 valence electrons. The molecule has 0 fully saturated rings. The Bertz CT molecular complexity index is 284. The Labute approximate surface area is 57.9 Å². The topological polar surface area (TPSA) is 42.2 Å². The lowest BCUT2D eigenvalue weighted by Crippen LogP contribution is -1.93. The number of nitrogens with zero attached hydrogens (tertiary/aromatic N) is 3. The second kappa shape index (κ2) is 1.98. The lowest BCUT2D eigenvalue weighted by Gasteiger charge is -1.95. The monoisotopic (exact) mass is 134 g/mol. The van der Waals surface area contributed by atoms with Crippen molar-refractivity contribution in [2.45, 2.75) is 0 Å². The van der Waals surface area contributed by atoms with Gasteiger partial charge in [-0.05, 0) is 6.08 Å². The molecule has 0 unspecified atom stereocenters. The third-order valence-electron chi connectivity index (χ3n) is 1.24. The van der Waals surface area contributed by atoms with E-state index in [4.69, 9.17) is 0 Å². The number of rotatable bonds is 0. The molecule has 4 heteroatoms. The molecule has 1 aliphatic heterocycles. The summed E-state index contributed by atoms with van der Waals surface area (Å²) in [6.45, 7) is 0. The van der Waals surface area contributed by atoms with Crippen molar-refractivity contribution >= 4 is 18.4 Å². The maximum absolute atomic E-state index is 4.00. The summed E-state index contributed by atoms with van der Waals surface area (Å²) in [5, 5.41) is 3.84. The van der Waals surface area contributed by atoms with Gasteiger partial charge in [0, 0.05) is 24.8 Å². The van der Waals surface area contributed by atoms with Crippen LogP contribution in [0.3, 0.4) is 0 Å². The van der Waals surface area contributed by atoms with Gasteiger partial charge in [0.15, 0.2) is 0 Å². The van der Waals surface area contributed by atoms with Crippen molar-refractivity contribution < 1.29 is 0 Å². The maximum Gasteiger partial charge on any atom is 0.227 e. The molecule has 4 nitrogen and oxygen atoms in total. The van der Waals surface area contributed by atoms with Crippen LogP contribution >= 0.6 is 0 Å². The molecule has 0 saturated heterocycles. The van der Waals surface area contributed by atoms with Crippen molar-refractivity contribution in [3.63, 3.8) is 0 Å². The first-order valence-electron chi connectivity index (χ1n) is 2.95. The van der Waals surface area contributed by atoms with E-state index in [1.165, 1.54) is 0 Å². The van der Waals surface area contributed by atoms with Gasteiger partial charge in [-0.15, -0.1) is 0 Å². The molecule has 1 aromatic rings. The van der Waals surface area contributed by atoms with E-state index in [1.807, 2.05) is 23.0 Å². The average Bonchev–Trinajstić information content (AvgIpc) is 2.28. The number of hydrogen-bond donors (Lipinski definition) is 1. The summed E-state index contributed by atoms with van der Waals surface area (Å²) in [7, 11) is 0. The van der Waals surface area contributed by atoms with Crippen molar-refractivity contribution in [1.29, 1.82) is 0 Å². The summed E-state index contributed by atoms with van der Waals surface area (Å²) in [4.78, 5) is 4.00. The molecule has 0 aromatic carbocycles. The van der Waals surface area contributed by atoms with Gasteiger partial charge >= 0.3 is 0 Å². The average molecular weight is 134 g/mol. The van der Waals surface area contributed by atoms with Crippen molar-refractivity contribution in [2.75, 3.05) is 5.43 Å². The minimum Gasteiger partial charge on any atom is -0.292 e. The number of nitrogens with one attached hydrogen (secondary N) is 1. The van der Waals surface area contributed by atoms with Gasteiger partial charge in [0.2, 0.25) is 5.95 Å². The molecule has 2 rings (SSSR count). The summed E-state index contributed by atoms with van der Waals surface area (Å²) in [6, 6.07) is 0. The van der Waals surface area contributed by atoms with Gasteiger partial charge in [0.25, 0.3) is 0 Å². The predicted octanol–water partition coefficient (Wildman–Crippen LogP) is 0.765. The van der Waals surface area contributed by atoms with E-state index in [1.54, 1.807) is 12.4 Å². The van der Waals surface area contributed by atoms with Crippen LogP contribution in [0.2, 0.25) is 0 Å². The van der Waals surface area contributed by atoms with Gasteiger partial charge in [-0.3, -0.25) is 4.57 Å². The van der Waals surface area contributed by atoms with Crippen molar-refractivity contribution in [3.05, 3.63) is 18.5 Å². The summed E-state index contributed by atoms with van der Waals surface area (Å²) in [5.74, 6) is 0.741. The summed E-state index contributed by atoms with van der Waals surface area (Å²) >= 11 is 0. The molecule has 0 atom stereocenters.